The molecule has 0 aromatic heterocycles. The Kier molecular flexibility index (Phi) is 4.24. The number of nitrogens with zero attached hydrogens (tertiary/aromatic N) is 1. The molecule has 0 radical (unpaired) electrons. The SMILES string of the molecule is CCOC(=O)/C(=N/S(=O)C(C)(C)C)C1CC1. The maximum absolute atomic E-state index is 11.8. The van der Waals surface area contributed by atoms with Gasteiger partial charge in [0.05, 0.1) is 11.4 Å². The van der Waals surface area contributed by atoms with Crippen LogP contribution in [0.5, 0.6) is 0 Å². The van der Waals surface area contributed by atoms with Gasteiger partial charge in [-0.15, -0.1) is 0 Å². The molecule has 1 rings (SSSR count). The summed E-state index contributed by atoms with van der Waals surface area (Å²) in [5.74, 6) is -0.257. The highest BCUT2D eigenvalue weighted by Crippen LogP contribution is 2.32. The molecule has 0 aromatic carbocycles. The summed E-state index contributed by atoms with van der Waals surface area (Å²) < 4.78 is 20.4. The summed E-state index contributed by atoms with van der Waals surface area (Å²) in [6, 6.07) is 0. The van der Waals surface area contributed by atoms with E-state index >= 15 is 0 Å². The molecule has 0 N–H and O–H groups in total. The maximum atomic E-state index is 11.8. The molecule has 1 fully saturated rings. The summed E-state index contributed by atoms with van der Waals surface area (Å²) in [5, 5.41) is 0. The van der Waals surface area contributed by atoms with Crippen molar-refractivity contribution < 1.29 is 13.7 Å². The third-order valence-electron chi connectivity index (χ3n) is 2.15. The van der Waals surface area contributed by atoms with E-state index in [4.69, 9.17) is 4.74 Å². The lowest BCUT2D eigenvalue weighted by molar-refractivity contribution is -0.135. The van der Waals surface area contributed by atoms with E-state index in [2.05, 4.69) is 4.40 Å². The number of rotatable bonds is 4. The maximum Gasteiger partial charge on any atom is 0.353 e. The monoisotopic (exact) mass is 245 g/mol. The quantitative estimate of drug-likeness (QED) is 0.561. The Morgan fingerprint density at radius 2 is 2.00 bits per heavy atom. The van der Waals surface area contributed by atoms with E-state index in [0.29, 0.717) is 12.3 Å². The molecule has 5 heteroatoms. The van der Waals surface area contributed by atoms with Crippen molar-refractivity contribution in [1.82, 2.24) is 0 Å². The van der Waals surface area contributed by atoms with Crippen LogP contribution in [0.4, 0.5) is 0 Å². The van der Waals surface area contributed by atoms with Crippen LogP contribution in [0.1, 0.15) is 40.5 Å². The molecule has 0 spiro atoms. The Balaban J connectivity index is 2.81. The average molecular weight is 245 g/mol. The summed E-state index contributed by atoms with van der Waals surface area (Å²) in [6.45, 7) is 7.59. The van der Waals surface area contributed by atoms with E-state index in [1.54, 1.807) is 6.92 Å². The van der Waals surface area contributed by atoms with Crippen LogP contribution in [-0.4, -0.2) is 27.2 Å². The normalized spacial score (nSPS) is 19.4. The summed E-state index contributed by atoms with van der Waals surface area (Å²) in [4.78, 5) is 11.6. The standard InChI is InChI=1S/C11H19NO3S/c1-5-15-10(13)9(8-6-7-8)12-16(14)11(2,3)4/h8H,5-7H2,1-4H3/b12-9+. The molecule has 0 aliphatic heterocycles. The van der Waals surface area contributed by atoms with Gasteiger partial charge in [0, 0.05) is 5.92 Å². The van der Waals surface area contributed by atoms with Gasteiger partial charge >= 0.3 is 5.97 Å². The second-order valence-electron chi connectivity index (χ2n) is 4.83. The van der Waals surface area contributed by atoms with Crippen LogP contribution in [0, 0.1) is 5.92 Å². The van der Waals surface area contributed by atoms with E-state index in [1.807, 2.05) is 20.8 Å². The molecule has 0 bridgehead atoms. The van der Waals surface area contributed by atoms with Crippen LogP contribution in [0.15, 0.2) is 4.40 Å². The molecule has 16 heavy (non-hydrogen) atoms. The first kappa shape index (κ1) is 13.4. The van der Waals surface area contributed by atoms with Gasteiger partial charge in [-0.3, -0.25) is 0 Å². The highest BCUT2D eigenvalue weighted by Gasteiger charge is 2.35. The fraction of sp³-hybridized carbons (Fsp3) is 0.818. The van der Waals surface area contributed by atoms with Crippen molar-refractivity contribution in [2.45, 2.75) is 45.3 Å². The minimum atomic E-state index is -1.39. The lowest BCUT2D eigenvalue weighted by atomic mass is 10.2. The van der Waals surface area contributed by atoms with Crippen LogP contribution in [0.2, 0.25) is 0 Å². The Bertz CT molecular complexity index is 327. The van der Waals surface area contributed by atoms with E-state index in [1.165, 1.54) is 0 Å². The second-order valence-corrected chi connectivity index (χ2v) is 6.74. The van der Waals surface area contributed by atoms with E-state index in [-0.39, 0.29) is 5.92 Å². The van der Waals surface area contributed by atoms with Gasteiger partial charge in [-0.2, -0.15) is 4.40 Å². The minimum Gasteiger partial charge on any atom is -0.461 e. The van der Waals surface area contributed by atoms with Gasteiger partial charge in [0.25, 0.3) is 0 Å². The largest absolute Gasteiger partial charge is 0.461 e. The lowest BCUT2D eigenvalue weighted by Crippen LogP contribution is -2.25. The molecule has 1 aliphatic carbocycles. The molecule has 0 aromatic rings. The number of hydrogen-bond donors (Lipinski definition) is 0. The number of hydrogen-bond acceptors (Lipinski definition) is 3. The Morgan fingerprint density at radius 1 is 1.44 bits per heavy atom. The van der Waals surface area contributed by atoms with Crippen molar-refractivity contribution in [3.05, 3.63) is 0 Å². The van der Waals surface area contributed by atoms with Crippen molar-refractivity contribution in [2.24, 2.45) is 10.3 Å². The zero-order chi connectivity index (χ0) is 12.3. The fourth-order valence-electron chi connectivity index (χ4n) is 1.07. The Hall–Kier alpha value is -0.710. The van der Waals surface area contributed by atoms with Crippen molar-refractivity contribution in [3.63, 3.8) is 0 Å². The van der Waals surface area contributed by atoms with E-state index in [0.717, 1.165) is 12.8 Å². The Morgan fingerprint density at radius 3 is 2.38 bits per heavy atom. The van der Waals surface area contributed by atoms with E-state index < -0.39 is 21.7 Å². The topological polar surface area (TPSA) is 55.7 Å². The highest BCUT2D eigenvalue weighted by molar-refractivity contribution is 7.85. The summed E-state index contributed by atoms with van der Waals surface area (Å²) in [7, 11) is -1.39. The zero-order valence-corrected chi connectivity index (χ0v) is 11.1. The first-order chi connectivity index (χ1) is 7.36. The smallest absolute Gasteiger partial charge is 0.353 e. The van der Waals surface area contributed by atoms with Gasteiger partial charge in [0.1, 0.15) is 16.7 Å². The van der Waals surface area contributed by atoms with Gasteiger partial charge in [-0.1, -0.05) is 0 Å². The molecule has 1 saturated carbocycles. The molecular formula is C11H19NO3S. The van der Waals surface area contributed by atoms with Crippen molar-refractivity contribution in [1.29, 1.82) is 0 Å². The number of carbonyl (C=O) groups is 1. The van der Waals surface area contributed by atoms with Gasteiger partial charge in [-0.25, -0.2) is 9.00 Å². The third kappa shape index (κ3) is 3.70. The number of esters is 1. The third-order valence-corrected chi connectivity index (χ3v) is 3.56. The lowest BCUT2D eigenvalue weighted by Gasteiger charge is -2.14. The molecule has 4 nitrogen and oxygen atoms in total. The predicted molar refractivity (Wildman–Crippen MR) is 64.7 cm³/mol. The van der Waals surface area contributed by atoms with Crippen molar-refractivity contribution in [3.8, 4) is 0 Å². The van der Waals surface area contributed by atoms with Crippen LogP contribution >= 0.6 is 0 Å². The highest BCUT2D eigenvalue weighted by atomic mass is 32.2. The molecular weight excluding hydrogens is 226 g/mol. The van der Waals surface area contributed by atoms with Crippen LogP contribution in [0.25, 0.3) is 0 Å². The van der Waals surface area contributed by atoms with Crippen LogP contribution < -0.4 is 0 Å². The van der Waals surface area contributed by atoms with Crippen LogP contribution in [0.3, 0.4) is 0 Å². The van der Waals surface area contributed by atoms with Crippen LogP contribution in [-0.2, 0) is 20.5 Å². The van der Waals surface area contributed by atoms with Crippen molar-refractivity contribution >= 4 is 22.7 Å². The second kappa shape index (κ2) is 5.08. The molecule has 1 aliphatic rings. The average Bonchev–Trinajstić information content (AvgIpc) is 2.95. The first-order valence-electron chi connectivity index (χ1n) is 5.54. The van der Waals surface area contributed by atoms with Gasteiger partial charge in [-0.05, 0) is 40.5 Å². The fourth-order valence-corrected chi connectivity index (χ4v) is 1.74. The molecule has 1 atom stereocenters. The number of ether oxygens (including phenoxy) is 1. The summed E-state index contributed by atoms with van der Waals surface area (Å²) in [6.07, 6.45) is 1.89. The molecule has 92 valence electrons. The van der Waals surface area contributed by atoms with Crippen molar-refractivity contribution in [2.75, 3.05) is 6.61 Å². The molecule has 0 amide bonds. The van der Waals surface area contributed by atoms with Gasteiger partial charge < -0.3 is 4.74 Å². The molecule has 1 unspecified atom stereocenters. The summed E-state index contributed by atoms with van der Waals surface area (Å²) >= 11 is 0. The first-order valence-corrected chi connectivity index (χ1v) is 6.64. The molecule has 0 saturated heterocycles. The van der Waals surface area contributed by atoms with Gasteiger partial charge in [0.15, 0.2) is 0 Å². The predicted octanol–water partition coefficient (Wildman–Crippen LogP) is 1.86. The minimum absolute atomic E-state index is 0.158. The number of carbonyl (C=O) groups excluding carboxylic acids is 1. The zero-order valence-electron chi connectivity index (χ0n) is 10.3. The molecule has 0 heterocycles. The van der Waals surface area contributed by atoms with E-state index in [9.17, 15) is 9.00 Å². The Labute approximate surface area is 99.1 Å². The summed E-state index contributed by atoms with van der Waals surface area (Å²) in [5.41, 5.74) is 0.357. The van der Waals surface area contributed by atoms with Gasteiger partial charge in [0.2, 0.25) is 0 Å².